The third kappa shape index (κ3) is 3.44. The van der Waals surface area contributed by atoms with Crippen LogP contribution in [0.5, 0.6) is 0 Å². The van der Waals surface area contributed by atoms with Crippen LogP contribution in [0.25, 0.3) is 0 Å². The topological polar surface area (TPSA) is 25.8 Å². The minimum absolute atomic E-state index is 0.619. The van der Waals surface area contributed by atoms with Gasteiger partial charge in [0, 0.05) is 24.5 Å². The van der Waals surface area contributed by atoms with Crippen LogP contribution < -0.4 is 0 Å². The molecule has 0 spiro atoms. The zero-order valence-corrected chi connectivity index (χ0v) is 9.24. The van der Waals surface area contributed by atoms with Gasteiger partial charge in [0.05, 0.1) is 5.69 Å². The van der Waals surface area contributed by atoms with Crippen molar-refractivity contribution in [3.63, 3.8) is 0 Å². The molecule has 0 bridgehead atoms. The van der Waals surface area contributed by atoms with E-state index in [-0.39, 0.29) is 0 Å². The summed E-state index contributed by atoms with van der Waals surface area (Å²) < 4.78 is 0. The lowest BCUT2D eigenvalue weighted by atomic mass is 9.94. The molecule has 0 saturated heterocycles. The minimum Gasteiger partial charge on any atom is -0.261 e. The highest BCUT2D eigenvalue weighted by Crippen LogP contribution is 2.24. The van der Waals surface area contributed by atoms with Gasteiger partial charge in [-0.05, 0) is 12.8 Å². The van der Waals surface area contributed by atoms with Gasteiger partial charge in [0.1, 0.15) is 0 Å². The number of nitrogens with zero attached hydrogens (tertiary/aromatic N) is 2. The van der Waals surface area contributed by atoms with E-state index in [1.54, 1.807) is 12.4 Å². The van der Waals surface area contributed by atoms with Crippen molar-refractivity contribution in [2.75, 3.05) is 0 Å². The fourth-order valence-corrected chi connectivity index (χ4v) is 1.76. The molecule has 0 fully saturated rings. The molecule has 2 heteroatoms. The number of aromatic nitrogens is 2. The third-order valence-electron chi connectivity index (χ3n) is 2.54. The fourth-order valence-electron chi connectivity index (χ4n) is 1.76. The van der Waals surface area contributed by atoms with Crippen LogP contribution in [0.3, 0.4) is 0 Å². The van der Waals surface area contributed by atoms with E-state index < -0.39 is 0 Å². The molecule has 1 heterocycles. The van der Waals surface area contributed by atoms with Gasteiger partial charge in [-0.2, -0.15) is 0 Å². The summed E-state index contributed by atoms with van der Waals surface area (Å²) in [5, 5.41) is 0. The summed E-state index contributed by atoms with van der Waals surface area (Å²) >= 11 is 0. The molecular weight excluding hydrogens is 172 g/mol. The Morgan fingerprint density at radius 3 is 2.57 bits per heavy atom. The van der Waals surface area contributed by atoms with Crippen LogP contribution in [0.1, 0.15) is 57.6 Å². The van der Waals surface area contributed by atoms with Crippen molar-refractivity contribution in [1.29, 1.82) is 0 Å². The van der Waals surface area contributed by atoms with Gasteiger partial charge < -0.3 is 0 Å². The van der Waals surface area contributed by atoms with Crippen LogP contribution in [0, 0.1) is 0 Å². The molecular formula is C12H20N2. The maximum absolute atomic E-state index is 4.39. The average molecular weight is 192 g/mol. The van der Waals surface area contributed by atoms with Crippen molar-refractivity contribution < 1.29 is 0 Å². The Hall–Kier alpha value is -0.920. The van der Waals surface area contributed by atoms with Gasteiger partial charge in [-0.25, -0.2) is 0 Å². The van der Waals surface area contributed by atoms with Gasteiger partial charge in [0.2, 0.25) is 0 Å². The summed E-state index contributed by atoms with van der Waals surface area (Å²) in [5.74, 6) is 0.619. The van der Waals surface area contributed by atoms with Crippen molar-refractivity contribution in [1.82, 2.24) is 9.97 Å². The minimum atomic E-state index is 0.619. The lowest BCUT2D eigenvalue weighted by Gasteiger charge is -2.14. The van der Waals surface area contributed by atoms with Crippen molar-refractivity contribution >= 4 is 0 Å². The van der Waals surface area contributed by atoms with E-state index >= 15 is 0 Å². The van der Waals surface area contributed by atoms with Crippen LogP contribution in [0.4, 0.5) is 0 Å². The molecule has 0 aliphatic heterocycles. The van der Waals surface area contributed by atoms with Gasteiger partial charge in [-0.15, -0.1) is 0 Å². The van der Waals surface area contributed by atoms with Crippen LogP contribution in [0.15, 0.2) is 18.6 Å². The Kier molecular flexibility index (Phi) is 5.20. The molecule has 0 radical (unpaired) electrons. The quantitative estimate of drug-likeness (QED) is 0.688. The lowest BCUT2D eigenvalue weighted by Crippen LogP contribution is -2.01. The van der Waals surface area contributed by atoms with E-state index in [0.29, 0.717) is 5.92 Å². The van der Waals surface area contributed by atoms with E-state index in [1.807, 2.05) is 6.20 Å². The average Bonchev–Trinajstić information content (AvgIpc) is 2.25. The largest absolute Gasteiger partial charge is 0.261 e. The van der Waals surface area contributed by atoms with Gasteiger partial charge in [0.25, 0.3) is 0 Å². The maximum atomic E-state index is 4.39. The van der Waals surface area contributed by atoms with E-state index in [0.717, 1.165) is 0 Å². The smallest absolute Gasteiger partial charge is 0.0617 e. The highest BCUT2D eigenvalue weighted by atomic mass is 14.8. The monoisotopic (exact) mass is 192 g/mol. The predicted molar refractivity (Wildman–Crippen MR) is 59.2 cm³/mol. The Morgan fingerprint density at radius 2 is 2.00 bits per heavy atom. The molecule has 0 N–H and O–H groups in total. The SMILES string of the molecule is CCCCC(CCC)c1cnccn1. The second-order valence-corrected chi connectivity index (χ2v) is 3.76. The molecule has 1 atom stereocenters. The zero-order valence-electron chi connectivity index (χ0n) is 9.24. The van der Waals surface area contributed by atoms with Crippen LogP contribution >= 0.6 is 0 Å². The van der Waals surface area contributed by atoms with E-state index in [1.165, 1.54) is 37.8 Å². The molecule has 0 aromatic carbocycles. The van der Waals surface area contributed by atoms with Crippen molar-refractivity contribution in [2.24, 2.45) is 0 Å². The van der Waals surface area contributed by atoms with Crippen molar-refractivity contribution in [3.8, 4) is 0 Å². The molecule has 1 aromatic rings. The summed E-state index contributed by atoms with van der Waals surface area (Å²) in [6.45, 7) is 4.47. The summed E-state index contributed by atoms with van der Waals surface area (Å²) in [6, 6.07) is 0. The number of hydrogen-bond donors (Lipinski definition) is 0. The Morgan fingerprint density at radius 1 is 1.14 bits per heavy atom. The van der Waals surface area contributed by atoms with E-state index in [2.05, 4.69) is 23.8 Å². The Bertz CT molecular complexity index is 233. The first-order valence-corrected chi connectivity index (χ1v) is 5.64. The number of unbranched alkanes of at least 4 members (excludes halogenated alkanes) is 1. The summed E-state index contributed by atoms with van der Waals surface area (Å²) in [7, 11) is 0. The molecule has 1 rings (SSSR count). The number of rotatable bonds is 6. The summed E-state index contributed by atoms with van der Waals surface area (Å²) in [6.07, 6.45) is 11.7. The summed E-state index contributed by atoms with van der Waals surface area (Å²) in [5.41, 5.74) is 1.17. The van der Waals surface area contributed by atoms with Crippen LogP contribution in [-0.4, -0.2) is 9.97 Å². The van der Waals surface area contributed by atoms with Crippen molar-refractivity contribution in [3.05, 3.63) is 24.3 Å². The zero-order chi connectivity index (χ0) is 10.2. The first-order valence-electron chi connectivity index (χ1n) is 5.64. The van der Waals surface area contributed by atoms with Crippen molar-refractivity contribution in [2.45, 2.75) is 51.9 Å². The number of hydrogen-bond acceptors (Lipinski definition) is 2. The summed E-state index contributed by atoms with van der Waals surface area (Å²) in [4.78, 5) is 8.52. The van der Waals surface area contributed by atoms with Crippen LogP contribution in [0.2, 0.25) is 0 Å². The highest BCUT2D eigenvalue weighted by molar-refractivity contribution is 5.02. The highest BCUT2D eigenvalue weighted by Gasteiger charge is 2.10. The lowest BCUT2D eigenvalue weighted by molar-refractivity contribution is 0.528. The Balaban J connectivity index is 2.58. The second-order valence-electron chi connectivity index (χ2n) is 3.76. The Labute approximate surface area is 86.8 Å². The van der Waals surface area contributed by atoms with E-state index in [9.17, 15) is 0 Å². The fraction of sp³-hybridized carbons (Fsp3) is 0.667. The third-order valence-corrected chi connectivity index (χ3v) is 2.54. The van der Waals surface area contributed by atoms with Gasteiger partial charge in [-0.1, -0.05) is 33.1 Å². The molecule has 2 nitrogen and oxygen atoms in total. The molecule has 0 saturated carbocycles. The standard InChI is InChI=1S/C12H20N2/c1-3-5-7-11(6-4-2)12-10-13-8-9-14-12/h8-11H,3-7H2,1-2H3. The molecule has 1 unspecified atom stereocenters. The normalized spacial score (nSPS) is 12.7. The molecule has 78 valence electrons. The molecule has 0 aliphatic rings. The first-order chi connectivity index (χ1) is 6.88. The maximum Gasteiger partial charge on any atom is 0.0617 e. The predicted octanol–water partition coefficient (Wildman–Crippen LogP) is 3.55. The van der Waals surface area contributed by atoms with Gasteiger partial charge in [0.15, 0.2) is 0 Å². The second kappa shape index (κ2) is 6.52. The van der Waals surface area contributed by atoms with Gasteiger partial charge >= 0.3 is 0 Å². The van der Waals surface area contributed by atoms with E-state index in [4.69, 9.17) is 0 Å². The van der Waals surface area contributed by atoms with Crippen LogP contribution in [-0.2, 0) is 0 Å². The van der Waals surface area contributed by atoms with Gasteiger partial charge in [-0.3, -0.25) is 9.97 Å². The molecule has 0 amide bonds. The molecule has 14 heavy (non-hydrogen) atoms. The molecule has 1 aromatic heterocycles. The first kappa shape index (κ1) is 11.2. The molecule has 0 aliphatic carbocycles.